The second-order valence-electron chi connectivity index (χ2n) is 4.32. The van der Waals surface area contributed by atoms with Gasteiger partial charge in [0.2, 0.25) is 0 Å². The maximum Gasteiger partial charge on any atom is 0.0104 e. The molecule has 2 N–H and O–H groups in total. The van der Waals surface area contributed by atoms with Crippen LogP contribution in [0.4, 0.5) is 0 Å². The second-order valence-corrected chi connectivity index (χ2v) is 4.32. The van der Waals surface area contributed by atoms with Crippen LogP contribution in [0.3, 0.4) is 0 Å². The van der Waals surface area contributed by atoms with Gasteiger partial charge in [0.25, 0.3) is 0 Å². The van der Waals surface area contributed by atoms with E-state index in [0.717, 1.165) is 13.1 Å². The van der Waals surface area contributed by atoms with E-state index in [1.165, 1.54) is 45.2 Å². The van der Waals surface area contributed by atoms with Crippen molar-refractivity contribution in [2.24, 2.45) is 0 Å². The van der Waals surface area contributed by atoms with Crippen LogP contribution in [0.5, 0.6) is 0 Å². The summed E-state index contributed by atoms with van der Waals surface area (Å²) in [6.45, 7) is 4.74. The highest BCUT2D eigenvalue weighted by Gasteiger charge is 2.01. The Kier molecular flexibility index (Phi) is 11.9. The van der Waals surface area contributed by atoms with Crippen LogP contribution in [0.1, 0.15) is 32.1 Å². The maximum absolute atomic E-state index is 3.27. The van der Waals surface area contributed by atoms with Gasteiger partial charge in [0.05, 0.1) is 0 Å². The Balaban J connectivity index is 0.000000216. The minimum atomic E-state index is 1.16. The van der Waals surface area contributed by atoms with Gasteiger partial charge in [-0.05, 0) is 21.1 Å². The Bertz CT molecular complexity index is 99.8. The third-order valence-corrected chi connectivity index (χ3v) is 2.59. The molecule has 0 aromatic heterocycles. The molecule has 0 aromatic carbocycles. The number of hydrogen-bond acceptors (Lipinski definition) is 3. The fourth-order valence-electron chi connectivity index (χ4n) is 1.66. The summed E-state index contributed by atoms with van der Waals surface area (Å²) in [7, 11) is 5.90. The molecule has 2 rings (SSSR count). The van der Waals surface area contributed by atoms with Gasteiger partial charge in [0.1, 0.15) is 0 Å². The van der Waals surface area contributed by atoms with Gasteiger partial charge >= 0.3 is 0 Å². The normalized spacial score (nSPS) is 21.0. The lowest BCUT2D eigenvalue weighted by molar-refractivity contribution is 0.291. The molecule has 0 amide bonds. The fraction of sp³-hybridized carbons (Fsp3) is 1.00. The molecule has 3 heteroatoms. The quantitative estimate of drug-likeness (QED) is 0.638. The van der Waals surface area contributed by atoms with E-state index >= 15 is 0 Å². The van der Waals surface area contributed by atoms with E-state index in [1.807, 2.05) is 14.1 Å². The lowest BCUT2D eigenvalue weighted by Gasteiger charge is -2.21. The number of hydrogen-bond donors (Lipinski definition) is 2. The van der Waals surface area contributed by atoms with Crippen LogP contribution in [0.25, 0.3) is 0 Å². The Labute approximate surface area is 95.6 Å². The summed E-state index contributed by atoms with van der Waals surface area (Å²) < 4.78 is 0. The van der Waals surface area contributed by atoms with Crippen molar-refractivity contribution in [1.82, 2.24) is 15.5 Å². The monoisotopic (exact) mass is 215 g/mol. The molecule has 0 atom stereocenters. The molecule has 0 aromatic rings. The highest BCUT2D eigenvalue weighted by molar-refractivity contribution is 4.62. The number of nitrogens with zero attached hydrogens (tertiary/aromatic N) is 1. The van der Waals surface area contributed by atoms with E-state index in [1.54, 1.807) is 0 Å². The molecule has 3 nitrogen and oxygen atoms in total. The topological polar surface area (TPSA) is 27.3 Å². The molecule has 1 aliphatic carbocycles. The molecule has 2 fully saturated rings. The Morgan fingerprint density at radius 1 is 0.867 bits per heavy atom. The van der Waals surface area contributed by atoms with Crippen molar-refractivity contribution in [2.75, 3.05) is 47.3 Å². The maximum atomic E-state index is 3.27. The molecule has 15 heavy (non-hydrogen) atoms. The smallest absolute Gasteiger partial charge is 0.0104 e. The van der Waals surface area contributed by atoms with Crippen LogP contribution in [0.2, 0.25) is 0 Å². The van der Waals surface area contributed by atoms with Crippen LogP contribution >= 0.6 is 0 Å². The SMILES string of the molecule is C1CCCC1.CN1CCNCC1.CNC. The first-order valence-electron chi connectivity index (χ1n) is 6.29. The predicted octanol–water partition coefficient (Wildman–Crippen LogP) is 1.31. The van der Waals surface area contributed by atoms with Gasteiger partial charge in [-0.3, -0.25) is 0 Å². The van der Waals surface area contributed by atoms with Gasteiger partial charge in [-0.25, -0.2) is 0 Å². The standard InChI is InChI=1S/C5H12N2.C5H10.C2H7N/c1-7-4-2-6-3-5-7;1-2-4-5-3-1;1-3-2/h6H,2-5H2,1H3;1-5H2;3H,1-2H3. The third-order valence-electron chi connectivity index (χ3n) is 2.59. The third kappa shape index (κ3) is 11.8. The van der Waals surface area contributed by atoms with Crippen molar-refractivity contribution in [3.05, 3.63) is 0 Å². The molecular weight excluding hydrogens is 186 g/mol. The lowest BCUT2D eigenvalue weighted by Crippen LogP contribution is -2.40. The number of rotatable bonds is 0. The van der Waals surface area contributed by atoms with Gasteiger partial charge in [0.15, 0.2) is 0 Å². The average Bonchev–Trinajstić information content (AvgIpc) is 2.78. The van der Waals surface area contributed by atoms with Crippen molar-refractivity contribution in [3.8, 4) is 0 Å². The molecule has 0 bridgehead atoms. The minimum absolute atomic E-state index is 1.16. The van der Waals surface area contributed by atoms with Crippen LogP contribution in [0.15, 0.2) is 0 Å². The molecule has 0 spiro atoms. The molecule has 0 radical (unpaired) electrons. The van der Waals surface area contributed by atoms with E-state index in [0.29, 0.717) is 0 Å². The molecule has 92 valence electrons. The van der Waals surface area contributed by atoms with Crippen molar-refractivity contribution in [3.63, 3.8) is 0 Å². The minimum Gasteiger partial charge on any atom is -0.323 e. The summed E-state index contributed by atoms with van der Waals surface area (Å²) >= 11 is 0. The summed E-state index contributed by atoms with van der Waals surface area (Å²) in [5.74, 6) is 0. The molecule has 1 heterocycles. The van der Waals surface area contributed by atoms with Gasteiger partial charge < -0.3 is 15.5 Å². The molecule has 1 aliphatic heterocycles. The van der Waals surface area contributed by atoms with Crippen molar-refractivity contribution < 1.29 is 0 Å². The first kappa shape index (κ1) is 14.9. The zero-order valence-electron chi connectivity index (χ0n) is 10.8. The number of likely N-dealkylation sites (N-methyl/N-ethyl adjacent to an activating group) is 1. The summed E-state index contributed by atoms with van der Waals surface area (Å²) in [5, 5.41) is 6.02. The molecule has 1 saturated carbocycles. The van der Waals surface area contributed by atoms with Crippen molar-refractivity contribution in [1.29, 1.82) is 0 Å². The van der Waals surface area contributed by atoms with E-state index in [4.69, 9.17) is 0 Å². The molecule has 0 unspecified atom stereocenters. The second kappa shape index (κ2) is 12.0. The lowest BCUT2D eigenvalue weighted by atomic mass is 10.4. The molecule has 1 saturated heterocycles. The van der Waals surface area contributed by atoms with Crippen LogP contribution < -0.4 is 10.6 Å². The number of nitrogens with one attached hydrogen (secondary N) is 2. The van der Waals surface area contributed by atoms with Crippen molar-refractivity contribution >= 4 is 0 Å². The summed E-state index contributed by atoms with van der Waals surface area (Å²) in [6, 6.07) is 0. The highest BCUT2D eigenvalue weighted by atomic mass is 15.2. The predicted molar refractivity (Wildman–Crippen MR) is 68.4 cm³/mol. The average molecular weight is 215 g/mol. The van der Waals surface area contributed by atoms with Crippen LogP contribution in [-0.4, -0.2) is 52.2 Å². The van der Waals surface area contributed by atoms with E-state index in [2.05, 4.69) is 22.6 Å². The number of piperazine rings is 1. The Hall–Kier alpha value is -0.120. The van der Waals surface area contributed by atoms with Crippen LogP contribution in [-0.2, 0) is 0 Å². The Morgan fingerprint density at radius 2 is 1.20 bits per heavy atom. The highest BCUT2D eigenvalue weighted by Crippen LogP contribution is 2.15. The zero-order chi connectivity index (χ0) is 11.4. The zero-order valence-corrected chi connectivity index (χ0v) is 10.8. The van der Waals surface area contributed by atoms with Gasteiger partial charge in [-0.2, -0.15) is 0 Å². The first-order valence-corrected chi connectivity index (χ1v) is 6.29. The summed E-state index contributed by atoms with van der Waals surface area (Å²) in [4.78, 5) is 2.33. The fourth-order valence-corrected chi connectivity index (χ4v) is 1.66. The largest absolute Gasteiger partial charge is 0.323 e. The van der Waals surface area contributed by atoms with E-state index in [9.17, 15) is 0 Å². The van der Waals surface area contributed by atoms with Gasteiger partial charge in [-0.15, -0.1) is 0 Å². The van der Waals surface area contributed by atoms with Gasteiger partial charge in [-0.1, -0.05) is 32.1 Å². The Morgan fingerprint density at radius 3 is 1.40 bits per heavy atom. The summed E-state index contributed by atoms with van der Waals surface area (Å²) in [6.07, 6.45) is 7.50. The van der Waals surface area contributed by atoms with E-state index in [-0.39, 0.29) is 0 Å². The first-order chi connectivity index (χ1) is 7.31. The van der Waals surface area contributed by atoms with E-state index < -0.39 is 0 Å². The molecule has 2 aliphatic rings. The molecular formula is C12H29N3. The van der Waals surface area contributed by atoms with Gasteiger partial charge in [0, 0.05) is 26.2 Å². The van der Waals surface area contributed by atoms with Crippen molar-refractivity contribution in [2.45, 2.75) is 32.1 Å². The summed E-state index contributed by atoms with van der Waals surface area (Å²) in [5.41, 5.74) is 0. The van der Waals surface area contributed by atoms with Crippen LogP contribution in [0, 0.1) is 0 Å².